The first-order chi connectivity index (χ1) is 16.2. The first kappa shape index (κ1) is 23.6. The zero-order valence-electron chi connectivity index (χ0n) is 19.7. The average molecular weight is 460 g/mol. The van der Waals surface area contributed by atoms with E-state index in [1.165, 1.54) is 11.0 Å². The predicted molar refractivity (Wildman–Crippen MR) is 133 cm³/mol. The van der Waals surface area contributed by atoms with E-state index in [2.05, 4.69) is 27.2 Å². The predicted octanol–water partition coefficient (Wildman–Crippen LogP) is 1.35. The Hall–Kier alpha value is -3.59. The van der Waals surface area contributed by atoms with Crippen molar-refractivity contribution in [3.63, 3.8) is 0 Å². The van der Waals surface area contributed by atoms with E-state index < -0.39 is 12.2 Å². The molecule has 8 nitrogen and oxygen atoms in total. The first-order valence-corrected chi connectivity index (χ1v) is 11.4. The number of hydrogen-bond donors (Lipinski definition) is 4. The van der Waals surface area contributed by atoms with E-state index in [1.807, 2.05) is 46.0 Å². The summed E-state index contributed by atoms with van der Waals surface area (Å²) in [5.41, 5.74) is 6.29. The Kier molecular flexibility index (Phi) is 6.74. The lowest BCUT2D eigenvalue weighted by molar-refractivity contribution is -0.129. The molecule has 0 spiro atoms. The number of aromatic nitrogens is 2. The average Bonchev–Trinajstić information content (AvgIpc) is 3.18. The maximum atomic E-state index is 12.6. The molecule has 2 heterocycles. The number of carbonyl (C=O) groups excluding carboxylic acids is 2. The summed E-state index contributed by atoms with van der Waals surface area (Å²) < 4.78 is 5.77. The van der Waals surface area contributed by atoms with E-state index in [0.29, 0.717) is 29.3 Å². The molecule has 4 rings (SSSR count). The molecular weight excluding hydrogens is 431 g/mol. The van der Waals surface area contributed by atoms with E-state index in [0.717, 1.165) is 16.6 Å². The smallest absolute Gasteiger partial charge is 0.265 e. The number of fused-ring (bicyclic) bond motifs is 2. The molecule has 1 aliphatic heterocycles. The van der Waals surface area contributed by atoms with Crippen molar-refractivity contribution in [2.75, 3.05) is 0 Å². The molecule has 1 aliphatic rings. The molecule has 0 radical (unpaired) electrons. The quantitative estimate of drug-likeness (QED) is 0.398. The second kappa shape index (κ2) is 9.73. The number of aliphatic hydroxyl groups is 1. The summed E-state index contributed by atoms with van der Waals surface area (Å²) >= 11 is 0. The number of aromatic amines is 1. The third-order valence-corrected chi connectivity index (χ3v) is 6.08. The number of amides is 2. The van der Waals surface area contributed by atoms with Crippen LogP contribution in [0.1, 0.15) is 47.9 Å². The molecule has 0 saturated carbocycles. The van der Waals surface area contributed by atoms with Crippen molar-refractivity contribution in [2.45, 2.75) is 51.9 Å². The van der Waals surface area contributed by atoms with Crippen LogP contribution in [0.4, 0.5) is 0 Å². The SMILES string of the molecule is Bc1cc2[nH]c(CNC(=O)CCC(=C)NC(=O)[C@H]3C[C@@H](O)c4cc(C)ccc4O3)nc2cc1C. The minimum absolute atomic E-state index is 0.159. The highest BCUT2D eigenvalue weighted by Gasteiger charge is 2.32. The highest BCUT2D eigenvalue weighted by Crippen LogP contribution is 2.35. The van der Waals surface area contributed by atoms with Crippen molar-refractivity contribution < 1.29 is 19.4 Å². The second-order valence-corrected chi connectivity index (χ2v) is 8.91. The molecule has 1 aromatic heterocycles. The number of allylic oxidation sites excluding steroid dienone is 1. The number of hydrogen-bond acceptors (Lipinski definition) is 5. The van der Waals surface area contributed by atoms with Crippen LogP contribution in [0.5, 0.6) is 5.75 Å². The normalized spacial score (nSPS) is 17.0. The maximum Gasteiger partial charge on any atom is 0.265 e. The summed E-state index contributed by atoms with van der Waals surface area (Å²) in [5.74, 6) is 0.634. The third-order valence-electron chi connectivity index (χ3n) is 6.08. The van der Waals surface area contributed by atoms with Gasteiger partial charge in [-0.25, -0.2) is 4.98 Å². The molecule has 4 N–H and O–H groups in total. The van der Waals surface area contributed by atoms with Gasteiger partial charge in [0.2, 0.25) is 5.91 Å². The van der Waals surface area contributed by atoms with Gasteiger partial charge in [-0.3, -0.25) is 9.59 Å². The Labute approximate surface area is 199 Å². The Morgan fingerprint density at radius 2 is 2.06 bits per heavy atom. The largest absolute Gasteiger partial charge is 0.480 e. The highest BCUT2D eigenvalue weighted by atomic mass is 16.5. The molecule has 34 heavy (non-hydrogen) atoms. The van der Waals surface area contributed by atoms with Crippen LogP contribution in [0.25, 0.3) is 11.0 Å². The molecule has 0 fully saturated rings. The van der Waals surface area contributed by atoms with Crippen LogP contribution in [0.15, 0.2) is 42.6 Å². The summed E-state index contributed by atoms with van der Waals surface area (Å²) in [5, 5.41) is 15.9. The third kappa shape index (κ3) is 5.31. The Morgan fingerprint density at radius 3 is 2.85 bits per heavy atom. The molecule has 2 atom stereocenters. The number of aryl methyl sites for hydroxylation is 2. The van der Waals surface area contributed by atoms with Gasteiger partial charge >= 0.3 is 0 Å². The van der Waals surface area contributed by atoms with Gasteiger partial charge in [0.25, 0.3) is 5.91 Å². The topological polar surface area (TPSA) is 116 Å². The summed E-state index contributed by atoms with van der Waals surface area (Å²) in [7, 11) is 2.05. The molecule has 3 aromatic rings. The van der Waals surface area contributed by atoms with Gasteiger partial charge < -0.3 is 25.5 Å². The molecule has 2 amide bonds. The minimum atomic E-state index is -0.823. The van der Waals surface area contributed by atoms with E-state index in [-0.39, 0.29) is 31.2 Å². The van der Waals surface area contributed by atoms with E-state index in [1.54, 1.807) is 6.07 Å². The molecule has 0 unspecified atom stereocenters. The summed E-state index contributed by atoms with van der Waals surface area (Å²) in [4.78, 5) is 32.6. The van der Waals surface area contributed by atoms with Crippen LogP contribution < -0.4 is 20.8 Å². The van der Waals surface area contributed by atoms with Crippen molar-refractivity contribution in [1.82, 2.24) is 20.6 Å². The van der Waals surface area contributed by atoms with Crippen LogP contribution in [-0.4, -0.2) is 40.8 Å². The van der Waals surface area contributed by atoms with Crippen LogP contribution in [0, 0.1) is 13.8 Å². The standard InChI is InChI=1S/C25H29BN4O4/c1-13-4-6-21-16(8-13)20(31)11-22(34-21)25(33)28-15(3)5-7-24(32)27-12-23-29-18-9-14(2)17(26)10-19(18)30-23/h4,6,8-10,20,22,31H,3,5,7,11-12,26H2,1-2H3,(H,27,32)(H,28,33)(H,29,30)/t20-,22-/m1/s1. The Balaban J connectivity index is 1.23. The lowest BCUT2D eigenvalue weighted by atomic mass is 9.91. The molecule has 9 heteroatoms. The van der Waals surface area contributed by atoms with Gasteiger partial charge in [-0.2, -0.15) is 0 Å². The van der Waals surface area contributed by atoms with E-state index in [4.69, 9.17) is 4.74 Å². The van der Waals surface area contributed by atoms with Gasteiger partial charge in [0.05, 0.1) is 23.7 Å². The van der Waals surface area contributed by atoms with Gasteiger partial charge in [0, 0.05) is 24.1 Å². The summed E-state index contributed by atoms with van der Waals surface area (Å²) in [6.45, 7) is 8.12. The fourth-order valence-corrected chi connectivity index (χ4v) is 3.99. The molecule has 2 aromatic carbocycles. The second-order valence-electron chi connectivity index (χ2n) is 8.91. The molecular formula is C25H29BN4O4. The number of nitrogens with zero attached hydrogens (tertiary/aromatic N) is 1. The van der Waals surface area contributed by atoms with Gasteiger partial charge in [-0.15, -0.1) is 0 Å². The number of ether oxygens (including phenoxy) is 1. The zero-order valence-corrected chi connectivity index (χ0v) is 19.7. The molecule has 176 valence electrons. The fraction of sp³-hybridized carbons (Fsp3) is 0.320. The number of carbonyl (C=O) groups is 2. The van der Waals surface area contributed by atoms with Gasteiger partial charge in [-0.1, -0.05) is 29.2 Å². The van der Waals surface area contributed by atoms with Crippen LogP contribution in [0.2, 0.25) is 0 Å². The number of aliphatic hydroxyl groups excluding tert-OH is 1. The van der Waals surface area contributed by atoms with Crippen molar-refractivity contribution in [2.24, 2.45) is 0 Å². The monoisotopic (exact) mass is 460 g/mol. The number of rotatable bonds is 7. The molecule has 0 aliphatic carbocycles. The minimum Gasteiger partial charge on any atom is -0.480 e. The number of benzene rings is 2. The van der Waals surface area contributed by atoms with Gasteiger partial charge in [-0.05, 0) is 44.5 Å². The van der Waals surface area contributed by atoms with Crippen molar-refractivity contribution in [3.05, 3.63) is 65.1 Å². The van der Waals surface area contributed by atoms with Crippen molar-refractivity contribution >= 4 is 36.2 Å². The first-order valence-electron chi connectivity index (χ1n) is 11.4. The molecule has 0 saturated heterocycles. The maximum absolute atomic E-state index is 12.6. The highest BCUT2D eigenvalue weighted by molar-refractivity contribution is 6.34. The molecule has 0 bridgehead atoms. The van der Waals surface area contributed by atoms with Crippen molar-refractivity contribution in [3.8, 4) is 5.75 Å². The van der Waals surface area contributed by atoms with Crippen LogP contribution in [0.3, 0.4) is 0 Å². The number of H-pyrrole nitrogens is 1. The summed E-state index contributed by atoms with van der Waals surface area (Å²) in [6.07, 6.45) is -0.970. The van der Waals surface area contributed by atoms with E-state index >= 15 is 0 Å². The van der Waals surface area contributed by atoms with Crippen LogP contribution >= 0.6 is 0 Å². The van der Waals surface area contributed by atoms with Gasteiger partial charge in [0.15, 0.2) is 6.10 Å². The lowest BCUT2D eigenvalue weighted by Gasteiger charge is -2.29. The number of nitrogens with one attached hydrogen (secondary N) is 3. The zero-order chi connectivity index (χ0) is 24.4. The Bertz CT molecular complexity index is 1230. The number of imidazole rings is 1. The van der Waals surface area contributed by atoms with E-state index in [9.17, 15) is 14.7 Å². The lowest BCUT2D eigenvalue weighted by Crippen LogP contribution is -2.41. The van der Waals surface area contributed by atoms with Crippen LogP contribution in [-0.2, 0) is 16.1 Å². The van der Waals surface area contributed by atoms with Gasteiger partial charge in [0.1, 0.15) is 19.4 Å². The fourth-order valence-electron chi connectivity index (χ4n) is 3.99. The van der Waals surface area contributed by atoms with Crippen molar-refractivity contribution in [1.29, 1.82) is 0 Å². The summed E-state index contributed by atoms with van der Waals surface area (Å²) in [6, 6.07) is 9.56. The Morgan fingerprint density at radius 1 is 1.26 bits per heavy atom.